The van der Waals surface area contributed by atoms with Gasteiger partial charge in [-0.2, -0.15) is 4.98 Å². The first-order valence-electron chi connectivity index (χ1n) is 10.7. The van der Waals surface area contributed by atoms with Crippen molar-refractivity contribution < 1.29 is 0 Å². The summed E-state index contributed by atoms with van der Waals surface area (Å²) in [6.45, 7) is 10.0. The van der Waals surface area contributed by atoms with E-state index in [2.05, 4.69) is 66.5 Å². The van der Waals surface area contributed by atoms with Gasteiger partial charge < -0.3 is 21.4 Å². The van der Waals surface area contributed by atoms with Crippen LogP contribution in [-0.4, -0.2) is 33.6 Å². The topological polar surface area (TPSA) is 125 Å². The molecule has 2 heterocycles. The van der Waals surface area contributed by atoms with Crippen LogP contribution in [0.2, 0.25) is 0 Å². The molecule has 3 aromatic rings. The molecule has 8 heteroatoms. The summed E-state index contributed by atoms with van der Waals surface area (Å²) in [5.41, 5.74) is 8.60. The van der Waals surface area contributed by atoms with Gasteiger partial charge in [0.1, 0.15) is 5.65 Å². The van der Waals surface area contributed by atoms with Crippen LogP contribution in [0.25, 0.3) is 16.7 Å². The molecule has 0 aliphatic rings. The van der Waals surface area contributed by atoms with Gasteiger partial charge in [0.05, 0.1) is 5.69 Å². The van der Waals surface area contributed by atoms with Gasteiger partial charge in [0, 0.05) is 35.3 Å². The minimum absolute atomic E-state index is 0.000167. The summed E-state index contributed by atoms with van der Waals surface area (Å²) >= 11 is 0. The van der Waals surface area contributed by atoms with Gasteiger partial charge in [0.15, 0.2) is 5.96 Å². The monoisotopic (exact) mass is 423 g/mol. The fourth-order valence-electron chi connectivity index (χ4n) is 3.54. The molecule has 0 aliphatic heterocycles. The quantitative estimate of drug-likeness (QED) is 0.216. The largest absolute Gasteiger partial charge is 0.370 e. The number of aromatic amines is 1. The first-order valence-corrected chi connectivity index (χ1v) is 10.7. The lowest BCUT2D eigenvalue weighted by molar-refractivity contribution is 0.509. The van der Waals surface area contributed by atoms with E-state index < -0.39 is 0 Å². The fourth-order valence-corrected chi connectivity index (χ4v) is 3.54. The first kappa shape index (κ1) is 22.6. The second-order valence-corrected chi connectivity index (χ2v) is 8.83. The smallest absolute Gasteiger partial charge is 0.354 e. The zero-order chi connectivity index (χ0) is 22.6. The molecule has 3 rings (SSSR count). The second kappa shape index (κ2) is 9.34. The molecule has 0 saturated heterocycles. The van der Waals surface area contributed by atoms with E-state index in [1.165, 1.54) is 5.56 Å². The highest BCUT2D eigenvalue weighted by atomic mass is 16.1. The van der Waals surface area contributed by atoms with Crippen LogP contribution in [0.1, 0.15) is 57.8 Å². The molecule has 1 aromatic carbocycles. The molecule has 31 heavy (non-hydrogen) atoms. The van der Waals surface area contributed by atoms with Crippen molar-refractivity contribution in [2.75, 3.05) is 13.1 Å². The molecular weight excluding hydrogens is 390 g/mol. The molecule has 1 atom stereocenters. The molecule has 166 valence electrons. The summed E-state index contributed by atoms with van der Waals surface area (Å²) in [5, 5.41) is 14.4. The lowest BCUT2D eigenvalue weighted by atomic mass is 9.92. The van der Waals surface area contributed by atoms with E-state index in [4.69, 9.17) is 11.1 Å². The van der Waals surface area contributed by atoms with Gasteiger partial charge in [-0.15, -0.1) is 0 Å². The SMILES string of the molecule is CC[C@H](NCCCNC(=N)N)c1ccc(-n2cc3cc(C(C)(C)C)[nH]c3nc2=O)cc1. The summed E-state index contributed by atoms with van der Waals surface area (Å²) in [4.78, 5) is 20.1. The van der Waals surface area contributed by atoms with Gasteiger partial charge in [0.25, 0.3) is 0 Å². The van der Waals surface area contributed by atoms with E-state index in [1.807, 2.05) is 18.3 Å². The number of hydrogen-bond acceptors (Lipinski definition) is 4. The Balaban J connectivity index is 1.75. The molecule has 0 fully saturated rings. The summed E-state index contributed by atoms with van der Waals surface area (Å²) in [6.07, 6.45) is 3.68. The zero-order valence-electron chi connectivity index (χ0n) is 18.7. The highest BCUT2D eigenvalue weighted by Gasteiger charge is 2.17. The van der Waals surface area contributed by atoms with Crippen molar-refractivity contribution >= 4 is 17.0 Å². The summed E-state index contributed by atoms with van der Waals surface area (Å²) < 4.78 is 1.59. The van der Waals surface area contributed by atoms with Crippen molar-refractivity contribution in [3.8, 4) is 5.69 Å². The van der Waals surface area contributed by atoms with Crippen LogP contribution >= 0.6 is 0 Å². The third-order valence-electron chi connectivity index (χ3n) is 5.36. The number of benzene rings is 1. The average molecular weight is 424 g/mol. The van der Waals surface area contributed by atoms with Crippen molar-refractivity contribution in [2.24, 2.45) is 5.73 Å². The Morgan fingerprint density at radius 1 is 1.26 bits per heavy atom. The Morgan fingerprint density at radius 3 is 2.58 bits per heavy atom. The van der Waals surface area contributed by atoms with E-state index in [0.717, 1.165) is 36.2 Å². The number of rotatable bonds is 8. The minimum Gasteiger partial charge on any atom is -0.370 e. The maximum absolute atomic E-state index is 12.6. The molecule has 0 bridgehead atoms. The van der Waals surface area contributed by atoms with Crippen molar-refractivity contribution in [3.05, 3.63) is 58.3 Å². The number of aromatic nitrogens is 3. The molecule has 0 saturated carbocycles. The number of nitrogens with zero attached hydrogens (tertiary/aromatic N) is 2. The third kappa shape index (κ3) is 5.52. The van der Waals surface area contributed by atoms with Crippen molar-refractivity contribution in [2.45, 2.75) is 52.0 Å². The Kier molecular flexibility index (Phi) is 6.80. The lowest BCUT2D eigenvalue weighted by Crippen LogP contribution is -2.33. The Bertz CT molecular complexity index is 1090. The second-order valence-electron chi connectivity index (χ2n) is 8.83. The molecule has 0 spiro atoms. The maximum Gasteiger partial charge on any atom is 0.354 e. The molecule has 0 amide bonds. The van der Waals surface area contributed by atoms with Gasteiger partial charge in [-0.3, -0.25) is 9.98 Å². The van der Waals surface area contributed by atoms with Crippen molar-refractivity contribution in [1.82, 2.24) is 25.2 Å². The van der Waals surface area contributed by atoms with Crippen LogP contribution in [0, 0.1) is 5.41 Å². The van der Waals surface area contributed by atoms with Crippen LogP contribution in [0.4, 0.5) is 0 Å². The van der Waals surface area contributed by atoms with Gasteiger partial charge in [0.2, 0.25) is 0 Å². The van der Waals surface area contributed by atoms with E-state index in [1.54, 1.807) is 4.57 Å². The predicted molar refractivity (Wildman–Crippen MR) is 126 cm³/mol. The minimum atomic E-state index is -0.300. The van der Waals surface area contributed by atoms with Crippen LogP contribution in [0.5, 0.6) is 0 Å². The zero-order valence-corrected chi connectivity index (χ0v) is 18.7. The van der Waals surface area contributed by atoms with E-state index in [-0.39, 0.29) is 23.1 Å². The molecule has 0 unspecified atom stereocenters. The van der Waals surface area contributed by atoms with Crippen molar-refractivity contribution in [3.63, 3.8) is 0 Å². The molecule has 2 aromatic heterocycles. The van der Waals surface area contributed by atoms with E-state index in [0.29, 0.717) is 12.2 Å². The third-order valence-corrected chi connectivity index (χ3v) is 5.36. The van der Waals surface area contributed by atoms with Gasteiger partial charge in [-0.1, -0.05) is 39.8 Å². The van der Waals surface area contributed by atoms with Gasteiger partial charge in [-0.25, -0.2) is 4.79 Å². The highest BCUT2D eigenvalue weighted by molar-refractivity contribution is 5.76. The number of nitrogens with one attached hydrogen (secondary N) is 4. The summed E-state index contributed by atoms with van der Waals surface area (Å²) in [6, 6.07) is 10.3. The summed E-state index contributed by atoms with van der Waals surface area (Å²) in [5.74, 6) is -0.000167. The van der Waals surface area contributed by atoms with Crippen LogP contribution in [-0.2, 0) is 5.41 Å². The Hall–Kier alpha value is -3.13. The molecular formula is C23H33N7O. The van der Waals surface area contributed by atoms with Crippen LogP contribution in [0.15, 0.2) is 41.3 Å². The van der Waals surface area contributed by atoms with E-state index in [9.17, 15) is 4.79 Å². The standard InChI is InChI=1S/C23H33N7O/c1-5-18(26-11-6-12-27-21(24)25)15-7-9-17(10-8-15)30-14-16-13-19(23(2,3)4)28-20(16)29-22(30)31/h7-10,13-14,18,26H,5-6,11-12H2,1-4H3,(H4,24,25,27)(H,28,29,31)/t18-/m0/s1. The molecule has 6 N–H and O–H groups in total. The molecule has 0 aliphatic carbocycles. The average Bonchev–Trinajstić information content (AvgIpc) is 3.13. The lowest BCUT2D eigenvalue weighted by Gasteiger charge is -2.18. The number of guanidine groups is 1. The van der Waals surface area contributed by atoms with Gasteiger partial charge in [-0.05, 0) is 43.1 Å². The Morgan fingerprint density at radius 2 is 1.97 bits per heavy atom. The van der Waals surface area contributed by atoms with Crippen LogP contribution < -0.4 is 22.1 Å². The molecule has 0 radical (unpaired) electrons. The maximum atomic E-state index is 12.6. The first-order chi connectivity index (χ1) is 14.7. The number of fused-ring (bicyclic) bond motifs is 1. The van der Waals surface area contributed by atoms with Gasteiger partial charge >= 0.3 is 5.69 Å². The van der Waals surface area contributed by atoms with Crippen LogP contribution in [0.3, 0.4) is 0 Å². The Labute approximate surface area is 182 Å². The summed E-state index contributed by atoms with van der Waals surface area (Å²) in [7, 11) is 0. The molecule has 8 nitrogen and oxygen atoms in total. The normalized spacial score (nSPS) is 12.8. The number of H-pyrrole nitrogens is 1. The van der Waals surface area contributed by atoms with Crippen molar-refractivity contribution in [1.29, 1.82) is 5.41 Å². The van der Waals surface area contributed by atoms with E-state index >= 15 is 0 Å². The highest BCUT2D eigenvalue weighted by Crippen LogP contribution is 2.25. The fraction of sp³-hybridized carbons (Fsp3) is 0.435. The number of nitrogens with two attached hydrogens (primary N) is 1. The predicted octanol–water partition coefficient (Wildman–Crippen LogP) is 2.93. The number of hydrogen-bond donors (Lipinski definition) is 5.